The molecule has 0 heterocycles. The number of nitriles is 2. The summed E-state index contributed by atoms with van der Waals surface area (Å²) < 4.78 is 0. The average molecular weight is 323 g/mol. The van der Waals surface area contributed by atoms with Crippen molar-refractivity contribution in [1.82, 2.24) is 0 Å². The summed E-state index contributed by atoms with van der Waals surface area (Å²) in [5.41, 5.74) is 4.01. The summed E-state index contributed by atoms with van der Waals surface area (Å²) in [7, 11) is 0. The molecule has 0 radical (unpaired) electrons. The summed E-state index contributed by atoms with van der Waals surface area (Å²) in [4.78, 5) is 0. The molecule has 96 valence electrons. The van der Waals surface area contributed by atoms with Gasteiger partial charge in [-0.05, 0) is 22.3 Å². The number of rotatable bonds is 3. The number of hydrogen-bond donors (Lipinski definition) is 0. The van der Waals surface area contributed by atoms with Crippen molar-refractivity contribution in [2.75, 3.05) is 5.33 Å². The van der Waals surface area contributed by atoms with Gasteiger partial charge in [0.25, 0.3) is 0 Å². The van der Waals surface area contributed by atoms with Gasteiger partial charge in [0.1, 0.15) is 17.7 Å². The van der Waals surface area contributed by atoms with E-state index in [1.165, 1.54) is 0 Å². The van der Waals surface area contributed by atoms with E-state index in [1.54, 1.807) is 0 Å². The SMILES string of the molecule is N#CC(C#N)=C(CBr)c1ccc(-c2ccccc2)cc1. The molecule has 0 bridgehead atoms. The van der Waals surface area contributed by atoms with E-state index in [4.69, 9.17) is 10.5 Å². The van der Waals surface area contributed by atoms with Gasteiger partial charge in [-0.3, -0.25) is 0 Å². The minimum atomic E-state index is 0.148. The average Bonchev–Trinajstić information content (AvgIpc) is 2.53. The predicted molar refractivity (Wildman–Crippen MR) is 83.8 cm³/mol. The molecule has 0 amide bonds. The number of benzene rings is 2. The first-order chi connectivity index (χ1) is 9.80. The quantitative estimate of drug-likeness (QED) is 0.614. The van der Waals surface area contributed by atoms with Gasteiger partial charge < -0.3 is 0 Å². The standard InChI is InChI=1S/C17H11BrN2/c18-10-17(16(11-19)12-20)15-8-6-14(7-9-15)13-4-2-1-3-5-13/h1-9H,10H2. The highest BCUT2D eigenvalue weighted by atomic mass is 79.9. The fourth-order valence-electron chi connectivity index (χ4n) is 1.94. The van der Waals surface area contributed by atoms with Gasteiger partial charge in [-0.15, -0.1) is 0 Å². The molecule has 0 atom stereocenters. The van der Waals surface area contributed by atoms with E-state index in [9.17, 15) is 0 Å². The zero-order chi connectivity index (χ0) is 14.4. The second-order valence-corrected chi connectivity index (χ2v) is 4.71. The third-order valence-corrected chi connectivity index (χ3v) is 3.56. The fraction of sp³-hybridized carbons (Fsp3) is 0.0588. The Balaban J connectivity index is 2.41. The highest BCUT2D eigenvalue weighted by Crippen LogP contribution is 2.25. The Hall–Kier alpha value is -2.36. The van der Waals surface area contributed by atoms with Gasteiger partial charge >= 0.3 is 0 Å². The second-order valence-electron chi connectivity index (χ2n) is 4.15. The Morgan fingerprint density at radius 2 is 1.40 bits per heavy atom. The zero-order valence-corrected chi connectivity index (χ0v) is 12.3. The van der Waals surface area contributed by atoms with E-state index in [2.05, 4.69) is 15.9 Å². The second kappa shape index (κ2) is 6.70. The maximum absolute atomic E-state index is 8.97. The number of allylic oxidation sites excluding steroid dienone is 2. The molecule has 0 aliphatic carbocycles. The molecule has 0 spiro atoms. The highest BCUT2D eigenvalue weighted by molar-refractivity contribution is 9.09. The lowest BCUT2D eigenvalue weighted by Gasteiger charge is -2.06. The van der Waals surface area contributed by atoms with Crippen molar-refractivity contribution in [3.05, 3.63) is 65.7 Å². The minimum Gasteiger partial charge on any atom is -0.192 e. The van der Waals surface area contributed by atoms with E-state index in [1.807, 2.05) is 66.7 Å². The maximum Gasteiger partial charge on any atom is 0.134 e. The molecular formula is C17H11BrN2. The van der Waals surface area contributed by atoms with Gasteiger partial charge in [0.2, 0.25) is 0 Å². The van der Waals surface area contributed by atoms with Crippen LogP contribution in [0.25, 0.3) is 16.7 Å². The van der Waals surface area contributed by atoms with Crippen molar-refractivity contribution in [3.8, 4) is 23.3 Å². The van der Waals surface area contributed by atoms with E-state index >= 15 is 0 Å². The van der Waals surface area contributed by atoms with Gasteiger partial charge in [0, 0.05) is 5.33 Å². The monoisotopic (exact) mass is 322 g/mol. The van der Waals surface area contributed by atoms with Crippen molar-refractivity contribution in [2.24, 2.45) is 0 Å². The Kier molecular flexibility index (Phi) is 4.71. The number of alkyl halides is 1. The molecule has 2 aromatic carbocycles. The lowest BCUT2D eigenvalue weighted by atomic mass is 9.99. The van der Waals surface area contributed by atoms with Crippen LogP contribution in [-0.4, -0.2) is 5.33 Å². The third kappa shape index (κ3) is 2.96. The smallest absolute Gasteiger partial charge is 0.134 e. The lowest BCUT2D eigenvalue weighted by molar-refractivity contribution is 1.45. The van der Waals surface area contributed by atoms with Crippen LogP contribution >= 0.6 is 15.9 Å². The van der Waals surface area contributed by atoms with Crippen LogP contribution in [0.15, 0.2) is 60.2 Å². The topological polar surface area (TPSA) is 47.6 Å². The summed E-state index contributed by atoms with van der Waals surface area (Å²) >= 11 is 3.34. The van der Waals surface area contributed by atoms with Crippen LogP contribution in [0, 0.1) is 22.7 Å². The van der Waals surface area contributed by atoms with Crippen molar-refractivity contribution < 1.29 is 0 Å². The van der Waals surface area contributed by atoms with Gasteiger partial charge in [-0.2, -0.15) is 10.5 Å². The van der Waals surface area contributed by atoms with Crippen molar-refractivity contribution in [1.29, 1.82) is 10.5 Å². The molecule has 3 heteroatoms. The van der Waals surface area contributed by atoms with Crippen LogP contribution < -0.4 is 0 Å². The predicted octanol–water partition coefficient (Wildman–Crippen LogP) is 4.55. The number of halogens is 1. The summed E-state index contributed by atoms with van der Waals surface area (Å²) in [6.45, 7) is 0. The first kappa shape index (κ1) is 14.1. The molecule has 2 aromatic rings. The highest BCUT2D eigenvalue weighted by Gasteiger charge is 2.08. The minimum absolute atomic E-state index is 0.148. The molecule has 0 saturated heterocycles. The van der Waals surface area contributed by atoms with E-state index in [0.717, 1.165) is 22.3 Å². The van der Waals surface area contributed by atoms with Gasteiger partial charge in [0.15, 0.2) is 0 Å². The van der Waals surface area contributed by atoms with Crippen molar-refractivity contribution in [2.45, 2.75) is 0 Å². The van der Waals surface area contributed by atoms with Crippen LogP contribution in [0.5, 0.6) is 0 Å². The molecule has 0 aromatic heterocycles. The van der Waals surface area contributed by atoms with Crippen molar-refractivity contribution in [3.63, 3.8) is 0 Å². The van der Waals surface area contributed by atoms with E-state index < -0.39 is 0 Å². The number of hydrogen-bond acceptors (Lipinski definition) is 2. The molecule has 0 saturated carbocycles. The van der Waals surface area contributed by atoms with E-state index in [0.29, 0.717) is 5.33 Å². The molecular weight excluding hydrogens is 312 g/mol. The van der Waals surface area contributed by atoms with Crippen LogP contribution in [-0.2, 0) is 0 Å². The van der Waals surface area contributed by atoms with Crippen LogP contribution in [0.2, 0.25) is 0 Å². The van der Waals surface area contributed by atoms with Crippen LogP contribution in [0.4, 0.5) is 0 Å². The zero-order valence-electron chi connectivity index (χ0n) is 10.7. The van der Waals surface area contributed by atoms with Gasteiger partial charge in [-0.25, -0.2) is 0 Å². The summed E-state index contributed by atoms with van der Waals surface area (Å²) in [6.07, 6.45) is 0. The molecule has 0 N–H and O–H groups in total. The fourth-order valence-corrected chi connectivity index (χ4v) is 2.55. The van der Waals surface area contributed by atoms with Crippen LogP contribution in [0.1, 0.15) is 5.56 Å². The molecule has 0 unspecified atom stereocenters. The Bertz CT molecular complexity index is 685. The van der Waals surface area contributed by atoms with Gasteiger partial charge in [-0.1, -0.05) is 70.5 Å². The Morgan fingerprint density at radius 3 is 1.90 bits per heavy atom. The summed E-state index contributed by atoms with van der Waals surface area (Å²) in [5.74, 6) is 0. The summed E-state index contributed by atoms with van der Waals surface area (Å²) in [5, 5.41) is 18.4. The Labute approximate surface area is 126 Å². The molecule has 0 fully saturated rings. The van der Waals surface area contributed by atoms with Gasteiger partial charge in [0.05, 0.1) is 0 Å². The normalized spacial score (nSPS) is 9.35. The summed E-state index contributed by atoms with van der Waals surface area (Å²) in [6, 6.07) is 21.8. The molecule has 20 heavy (non-hydrogen) atoms. The molecule has 2 nitrogen and oxygen atoms in total. The Morgan fingerprint density at radius 1 is 0.850 bits per heavy atom. The lowest BCUT2D eigenvalue weighted by Crippen LogP contribution is -1.91. The number of nitrogens with zero attached hydrogens (tertiary/aromatic N) is 2. The first-order valence-electron chi connectivity index (χ1n) is 6.05. The largest absolute Gasteiger partial charge is 0.192 e. The molecule has 2 rings (SSSR count). The molecule has 0 aliphatic rings. The van der Waals surface area contributed by atoms with Crippen molar-refractivity contribution >= 4 is 21.5 Å². The maximum atomic E-state index is 8.97. The molecule has 0 aliphatic heterocycles. The first-order valence-corrected chi connectivity index (χ1v) is 7.17. The third-order valence-electron chi connectivity index (χ3n) is 3.00. The van der Waals surface area contributed by atoms with Crippen LogP contribution in [0.3, 0.4) is 0 Å². The van der Waals surface area contributed by atoms with E-state index in [-0.39, 0.29) is 5.57 Å².